The van der Waals surface area contributed by atoms with Crippen molar-refractivity contribution in [1.29, 1.82) is 0 Å². The third-order valence-corrected chi connectivity index (χ3v) is 6.12. The van der Waals surface area contributed by atoms with Crippen LogP contribution in [-0.2, 0) is 0 Å². The Morgan fingerprint density at radius 1 is 1.15 bits per heavy atom. The summed E-state index contributed by atoms with van der Waals surface area (Å²) in [7, 11) is 0. The van der Waals surface area contributed by atoms with Crippen molar-refractivity contribution < 1.29 is 9.59 Å². The minimum atomic E-state index is -0.504. The summed E-state index contributed by atoms with van der Waals surface area (Å²) in [5, 5.41) is 10.2. The van der Waals surface area contributed by atoms with Crippen LogP contribution in [-0.4, -0.2) is 41.6 Å². The molecule has 140 valence electrons. The first kappa shape index (κ1) is 17.5. The number of hydrogen-bond acceptors (Lipinski definition) is 3. The Bertz CT molecular complexity index is 709. The van der Waals surface area contributed by atoms with Crippen LogP contribution in [0.2, 0.25) is 5.02 Å². The number of amides is 3. The molecule has 6 nitrogen and oxygen atoms in total. The van der Waals surface area contributed by atoms with Gasteiger partial charge in [-0.3, -0.25) is 4.79 Å². The number of anilines is 1. The van der Waals surface area contributed by atoms with Gasteiger partial charge in [-0.25, -0.2) is 4.79 Å². The van der Waals surface area contributed by atoms with Gasteiger partial charge in [0.25, 0.3) is 5.91 Å². The Hall–Kier alpha value is -1.95. The molecule has 2 aliphatic heterocycles. The number of piperidine rings is 1. The molecule has 3 aliphatic rings. The predicted octanol–water partition coefficient (Wildman–Crippen LogP) is 3.33. The van der Waals surface area contributed by atoms with Crippen molar-refractivity contribution in [2.75, 3.05) is 18.4 Å². The van der Waals surface area contributed by atoms with Crippen LogP contribution in [0.5, 0.6) is 0 Å². The summed E-state index contributed by atoms with van der Waals surface area (Å²) in [4.78, 5) is 26.9. The van der Waals surface area contributed by atoms with E-state index in [9.17, 15) is 9.59 Å². The van der Waals surface area contributed by atoms with E-state index in [4.69, 9.17) is 11.6 Å². The van der Waals surface area contributed by atoms with Crippen LogP contribution < -0.4 is 16.0 Å². The Morgan fingerprint density at radius 3 is 2.62 bits per heavy atom. The topological polar surface area (TPSA) is 73.5 Å². The molecule has 3 N–H and O–H groups in total. The lowest BCUT2D eigenvalue weighted by Gasteiger charge is -2.46. The number of urea groups is 1. The number of fused-ring (bicyclic) bond motifs is 1. The summed E-state index contributed by atoms with van der Waals surface area (Å²) in [6.07, 6.45) is 7.18. The van der Waals surface area contributed by atoms with Gasteiger partial charge in [-0.05, 0) is 25.0 Å². The third kappa shape index (κ3) is 3.34. The molecule has 3 amide bonds. The van der Waals surface area contributed by atoms with Crippen LogP contribution in [0.15, 0.2) is 18.2 Å². The number of carbonyl (C=O) groups is 2. The normalized spacial score (nSPS) is 22.3. The van der Waals surface area contributed by atoms with Crippen molar-refractivity contribution in [3.05, 3.63) is 28.8 Å². The lowest BCUT2D eigenvalue weighted by atomic mass is 9.92. The van der Waals surface area contributed by atoms with Gasteiger partial charge in [-0.2, -0.15) is 0 Å². The SMILES string of the molecule is O=C1NC2(CCN(C(=O)NC3CCCCC3)CC2)Nc2cccc(Cl)c21. The fourth-order valence-corrected chi connectivity index (χ4v) is 4.54. The Morgan fingerprint density at radius 2 is 1.88 bits per heavy atom. The molecule has 2 heterocycles. The monoisotopic (exact) mass is 376 g/mol. The highest BCUT2D eigenvalue weighted by Gasteiger charge is 2.41. The molecule has 1 aromatic rings. The molecule has 1 aromatic carbocycles. The number of carbonyl (C=O) groups excluding carboxylic acids is 2. The summed E-state index contributed by atoms with van der Waals surface area (Å²) in [6, 6.07) is 5.78. The van der Waals surface area contributed by atoms with E-state index in [-0.39, 0.29) is 11.9 Å². The molecule has 4 rings (SSSR count). The lowest BCUT2D eigenvalue weighted by molar-refractivity contribution is 0.0847. The van der Waals surface area contributed by atoms with Crippen LogP contribution in [0.4, 0.5) is 10.5 Å². The van der Waals surface area contributed by atoms with Crippen LogP contribution in [0.3, 0.4) is 0 Å². The Kier molecular flexibility index (Phi) is 4.69. The quantitative estimate of drug-likeness (QED) is 0.703. The first-order valence-corrected chi connectivity index (χ1v) is 9.89. The zero-order valence-corrected chi connectivity index (χ0v) is 15.6. The van der Waals surface area contributed by atoms with Crippen molar-refractivity contribution in [1.82, 2.24) is 15.5 Å². The number of nitrogens with zero attached hydrogens (tertiary/aromatic N) is 1. The molecule has 1 saturated carbocycles. The molecular formula is C19H25ClN4O2. The van der Waals surface area contributed by atoms with Crippen molar-refractivity contribution in [3.8, 4) is 0 Å². The maximum Gasteiger partial charge on any atom is 0.317 e. The van der Waals surface area contributed by atoms with Gasteiger partial charge in [0, 0.05) is 32.0 Å². The summed E-state index contributed by atoms with van der Waals surface area (Å²) < 4.78 is 0. The lowest BCUT2D eigenvalue weighted by Crippen LogP contribution is -2.63. The van der Waals surface area contributed by atoms with Crippen LogP contribution in [0, 0.1) is 0 Å². The van der Waals surface area contributed by atoms with Crippen LogP contribution in [0.1, 0.15) is 55.3 Å². The zero-order valence-electron chi connectivity index (χ0n) is 14.8. The van der Waals surface area contributed by atoms with E-state index in [1.807, 2.05) is 17.0 Å². The van der Waals surface area contributed by atoms with E-state index in [0.29, 0.717) is 42.6 Å². The Balaban J connectivity index is 1.39. The van der Waals surface area contributed by atoms with Gasteiger partial charge in [0.05, 0.1) is 16.3 Å². The number of benzene rings is 1. The van der Waals surface area contributed by atoms with E-state index in [0.717, 1.165) is 18.5 Å². The second-order valence-corrected chi connectivity index (χ2v) is 8.00. The summed E-state index contributed by atoms with van der Waals surface area (Å²) in [6.45, 7) is 1.23. The summed E-state index contributed by atoms with van der Waals surface area (Å²) in [5.74, 6) is -0.149. The molecule has 1 saturated heterocycles. The van der Waals surface area contributed by atoms with Gasteiger partial charge < -0.3 is 20.9 Å². The highest BCUT2D eigenvalue weighted by molar-refractivity contribution is 6.34. The third-order valence-electron chi connectivity index (χ3n) is 5.80. The molecule has 0 bridgehead atoms. The Labute approximate surface area is 158 Å². The average Bonchev–Trinajstić information content (AvgIpc) is 2.62. The molecule has 2 fully saturated rings. The molecule has 1 aliphatic carbocycles. The molecule has 1 spiro atoms. The van der Waals surface area contributed by atoms with Gasteiger partial charge in [-0.1, -0.05) is 36.9 Å². The van der Waals surface area contributed by atoms with E-state index < -0.39 is 5.66 Å². The first-order valence-electron chi connectivity index (χ1n) is 9.51. The van der Waals surface area contributed by atoms with Gasteiger partial charge >= 0.3 is 6.03 Å². The highest BCUT2D eigenvalue weighted by atomic mass is 35.5. The van der Waals surface area contributed by atoms with Crippen LogP contribution >= 0.6 is 11.6 Å². The average molecular weight is 377 g/mol. The van der Waals surface area contributed by atoms with Crippen molar-refractivity contribution in [3.63, 3.8) is 0 Å². The van der Waals surface area contributed by atoms with E-state index >= 15 is 0 Å². The van der Waals surface area contributed by atoms with E-state index in [2.05, 4.69) is 16.0 Å². The van der Waals surface area contributed by atoms with Crippen molar-refractivity contribution >= 4 is 29.2 Å². The molecule has 7 heteroatoms. The fraction of sp³-hybridized carbons (Fsp3) is 0.579. The fourth-order valence-electron chi connectivity index (χ4n) is 4.28. The zero-order chi connectivity index (χ0) is 18.1. The molecule has 0 radical (unpaired) electrons. The second kappa shape index (κ2) is 6.99. The first-order chi connectivity index (χ1) is 12.6. The maximum absolute atomic E-state index is 12.5. The number of rotatable bonds is 1. The van der Waals surface area contributed by atoms with Gasteiger partial charge in [0.2, 0.25) is 0 Å². The highest BCUT2D eigenvalue weighted by Crippen LogP contribution is 2.34. The van der Waals surface area contributed by atoms with Crippen molar-refractivity contribution in [2.24, 2.45) is 0 Å². The minimum absolute atomic E-state index is 0.0253. The van der Waals surface area contributed by atoms with Gasteiger partial charge in [-0.15, -0.1) is 0 Å². The molecule has 0 atom stereocenters. The van der Waals surface area contributed by atoms with Crippen LogP contribution in [0.25, 0.3) is 0 Å². The van der Waals surface area contributed by atoms with Gasteiger partial charge in [0.1, 0.15) is 5.66 Å². The largest absolute Gasteiger partial charge is 0.362 e. The maximum atomic E-state index is 12.5. The van der Waals surface area contributed by atoms with E-state index in [1.165, 1.54) is 19.3 Å². The molecule has 26 heavy (non-hydrogen) atoms. The molecule has 0 aromatic heterocycles. The van der Waals surface area contributed by atoms with E-state index in [1.54, 1.807) is 6.07 Å². The number of halogens is 1. The second-order valence-electron chi connectivity index (χ2n) is 7.60. The minimum Gasteiger partial charge on any atom is -0.362 e. The predicted molar refractivity (Wildman–Crippen MR) is 101 cm³/mol. The smallest absolute Gasteiger partial charge is 0.317 e. The molecule has 0 unspecified atom stereocenters. The number of nitrogens with one attached hydrogen (secondary N) is 3. The van der Waals surface area contributed by atoms with Crippen molar-refractivity contribution in [2.45, 2.75) is 56.7 Å². The summed E-state index contributed by atoms with van der Waals surface area (Å²) >= 11 is 6.16. The summed E-state index contributed by atoms with van der Waals surface area (Å²) in [5.41, 5.74) is 0.759. The number of hydrogen-bond donors (Lipinski definition) is 3. The van der Waals surface area contributed by atoms with Gasteiger partial charge in [0.15, 0.2) is 0 Å². The number of likely N-dealkylation sites (tertiary alicyclic amines) is 1. The molecular weight excluding hydrogens is 352 g/mol. The standard InChI is InChI=1S/C19H25ClN4O2/c20-14-7-4-8-15-16(14)17(25)23-19(22-15)9-11-24(12-10-19)18(26)21-13-5-2-1-3-6-13/h4,7-8,13,22H,1-3,5-6,9-12H2,(H,21,26)(H,23,25).